The second-order valence-electron chi connectivity index (χ2n) is 5.35. The third-order valence-corrected chi connectivity index (χ3v) is 3.91. The zero-order valence-electron chi connectivity index (χ0n) is 12.1. The molecule has 1 aromatic heterocycles. The van der Waals surface area contributed by atoms with Crippen LogP contribution in [0, 0.1) is 0 Å². The Morgan fingerprint density at radius 1 is 1.23 bits per heavy atom. The van der Waals surface area contributed by atoms with E-state index in [1.54, 1.807) is 41.3 Å². The number of carboxylic acid groups (broad SMARTS) is 1. The SMILES string of the molecule is O=C(O)[C@H]1CCCCN1C(=O)c1cccc(-n2cccn2)c1. The molecule has 6 heteroatoms. The number of hydrogen-bond acceptors (Lipinski definition) is 3. The van der Waals surface area contributed by atoms with Gasteiger partial charge in [-0.25, -0.2) is 9.48 Å². The summed E-state index contributed by atoms with van der Waals surface area (Å²) in [5.41, 5.74) is 1.26. The van der Waals surface area contributed by atoms with Crippen molar-refractivity contribution in [1.82, 2.24) is 14.7 Å². The second kappa shape index (κ2) is 6.01. The van der Waals surface area contributed by atoms with Crippen LogP contribution in [0.4, 0.5) is 0 Å². The maximum Gasteiger partial charge on any atom is 0.326 e. The predicted octanol–water partition coefficient (Wildman–Crippen LogP) is 1.95. The summed E-state index contributed by atoms with van der Waals surface area (Å²) in [7, 11) is 0. The summed E-state index contributed by atoms with van der Waals surface area (Å²) in [5, 5.41) is 13.4. The number of carboxylic acids is 1. The molecule has 0 saturated carbocycles. The Morgan fingerprint density at radius 3 is 2.82 bits per heavy atom. The number of carbonyl (C=O) groups excluding carboxylic acids is 1. The molecule has 1 aromatic carbocycles. The van der Waals surface area contributed by atoms with Gasteiger partial charge in [0.15, 0.2) is 0 Å². The first-order valence-corrected chi connectivity index (χ1v) is 7.30. The molecule has 0 bridgehead atoms. The topological polar surface area (TPSA) is 75.4 Å². The van der Waals surface area contributed by atoms with Crippen LogP contribution in [-0.4, -0.2) is 44.3 Å². The molecule has 0 unspecified atom stereocenters. The van der Waals surface area contributed by atoms with E-state index in [0.717, 1.165) is 18.5 Å². The summed E-state index contributed by atoms with van der Waals surface area (Å²) in [5.74, 6) is -1.17. The van der Waals surface area contributed by atoms with Crippen molar-refractivity contribution in [1.29, 1.82) is 0 Å². The first-order valence-electron chi connectivity index (χ1n) is 7.30. The molecule has 1 amide bonds. The van der Waals surface area contributed by atoms with Gasteiger partial charge in [-0.05, 0) is 43.5 Å². The molecule has 114 valence electrons. The van der Waals surface area contributed by atoms with E-state index in [-0.39, 0.29) is 5.91 Å². The molecular weight excluding hydrogens is 282 g/mol. The number of rotatable bonds is 3. The Kier molecular flexibility index (Phi) is 3.91. The average molecular weight is 299 g/mol. The number of likely N-dealkylation sites (tertiary alicyclic amines) is 1. The largest absolute Gasteiger partial charge is 0.480 e. The standard InChI is InChI=1S/C16H17N3O3/c20-15(18-9-2-1-7-14(18)16(21)22)12-5-3-6-13(11-12)19-10-4-8-17-19/h3-6,8,10-11,14H,1-2,7,9H2,(H,21,22)/t14-/m1/s1. The van der Waals surface area contributed by atoms with Gasteiger partial charge in [0.2, 0.25) is 0 Å². The molecule has 3 rings (SSSR count). The highest BCUT2D eigenvalue weighted by molar-refractivity contribution is 5.97. The van der Waals surface area contributed by atoms with Gasteiger partial charge >= 0.3 is 5.97 Å². The molecule has 1 aliphatic rings. The van der Waals surface area contributed by atoms with Crippen LogP contribution in [0.25, 0.3) is 5.69 Å². The highest BCUT2D eigenvalue weighted by Crippen LogP contribution is 2.21. The molecule has 6 nitrogen and oxygen atoms in total. The number of aromatic nitrogens is 2. The molecule has 22 heavy (non-hydrogen) atoms. The molecule has 2 aromatic rings. The normalized spacial score (nSPS) is 18.2. The van der Waals surface area contributed by atoms with Crippen molar-refractivity contribution in [3.63, 3.8) is 0 Å². The number of benzene rings is 1. The molecule has 1 saturated heterocycles. The Labute approximate surface area is 128 Å². The van der Waals surface area contributed by atoms with E-state index >= 15 is 0 Å². The van der Waals surface area contributed by atoms with E-state index in [4.69, 9.17) is 0 Å². The number of aliphatic carboxylic acids is 1. The van der Waals surface area contributed by atoms with Crippen molar-refractivity contribution in [3.05, 3.63) is 48.3 Å². The zero-order valence-corrected chi connectivity index (χ0v) is 12.1. The van der Waals surface area contributed by atoms with E-state index in [1.165, 1.54) is 4.90 Å². The summed E-state index contributed by atoms with van der Waals surface area (Å²) < 4.78 is 1.67. The lowest BCUT2D eigenvalue weighted by Gasteiger charge is -2.33. The summed E-state index contributed by atoms with van der Waals surface area (Å²) in [6.45, 7) is 0.488. The van der Waals surface area contributed by atoms with Gasteiger partial charge in [0, 0.05) is 24.5 Å². The fourth-order valence-electron chi connectivity index (χ4n) is 2.80. The van der Waals surface area contributed by atoms with E-state index < -0.39 is 12.0 Å². The van der Waals surface area contributed by atoms with Gasteiger partial charge in [-0.1, -0.05) is 6.07 Å². The van der Waals surface area contributed by atoms with Crippen LogP contribution < -0.4 is 0 Å². The van der Waals surface area contributed by atoms with Crippen LogP contribution in [0.1, 0.15) is 29.6 Å². The summed E-state index contributed by atoms with van der Waals surface area (Å²) in [6, 6.07) is 8.17. The van der Waals surface area contributed by atoms with Crippen molar-refractivity contribution in [3.8, 4) is 5.69 Å². The minimum atomic E-state index is -0.934. The smallest absolute Gasteiger partial charge is 0.326 e. The second-order valence-corrected chi connectivity index (χ2v) is 5.35. The Morgan fingerprint density at radius 2 is 2.09 bits per heavy atom. The number of carbonyl (C=O) groups is 2. The zero-order chi connectivity index (χ0) is 15.5. The molecule has 1 N–H and O–H groups in total. The molecule has 1 aliphatic heterocycles. The summed E-state index contributed by atoms with van der Waals surface area (Å²) >= 11 is 0. The Hall–Kier alpha value is -2.63. The summed E-state index contributed by atoms with van der Waals surface area (Å²) in [6.07, 6.45) is 5.66. The fraction of sp³-hybridized carbons (Fsp3) is 0.312. The number of amides is 1. The predicted molar refractivity (Wildman–Crippen MR) is 79.9 cm³/mol. The van der Waals surface area contributed by atoms with Crippen LogP contribution in [0.2, 0.25) is 0 Å². The quantitative estimate of drug-likeness (QED) is 0.940. The summed E-state index contributed by atoms with van der Waals surface area (Å²) in [4.78, 5) is 25.5. The van der Waals surface area contributed by atoms with Crippen LogP contribution in [0.15, 0.2) is 42.7 Å². The van der Waals surface area contributed by atoms with Crippen molar-refractivity contribution in [2.45, 2.75) is 25.3 Å². The average Bonchev–Trinajstić information content (AvgIpc) is 3.09. The van der Waals surface area contributed by atoms with Gasteiger partial charge in [0.25, 0.3) is 5.91 Å². The van der Waals surface area contributed by atoms with E-state index in [1.807, 2.05) is 6.07 Å². The molecule has 0 spiro atoms. The monoisotopic (exact) mass is 299 g/mol. The van der Waals surface area contributed by atoms with Crippen molar-refractivity contribution in [2.75, 3.05) is 6.54 Å². The van der Waals surface area contributed by atoms with E-state index in [0.29, 0.717) is 18.5 Å². The van der Waals surface area contributed by atoms with Gasteiger partial charge in [-0.3, -0.25) is 4.79 Å². The Bertz CT molecular complexity index is 682. The number of hydrogen-bond donors (Lipinski definition) is 1. The first kappa shape index (κ1) is 14.3. The van der Waals surface area contributed by atoms with Crippen LogP contribution in [0.3, 0.4) is 0 Å². The molecular formula is C16H17N3O3. The first-order chi connectivity index (χ1) is 10.7. The van der Waals surface area contributed by atoms with Gasteiger partial charge in [0.1, 0.15) is 6.04 Å². The lowest BCUT2D eigenvalue weighted by molar-refractivity contribution is -0.143. The maximum absolute atomic E-state index is 12.7. The third kappa shape index (κ3) is 2.72. The fourth-order valence-corrected chi connectivity index (χ4v) is 2.80. The molecule has 0 radical (unpaired) electrons. The van der Waals surface area contributed by atoms with Crippen LogP contribution >= 0.6 is 0 Å². The number of nitrogens with zero attached hydrogens (tertiary/aromatic N) is 3. The van der Waals surface area contributed by atoms with Gasteiger partial charge in [-0.15, -0.1) is 0 Å². The molecule has 0 aliphatic carbocycles. The van der Waals surface area contributed by atoms with E-state index in [9.17, 15) is 14.7 Å². The van der Waals surface area contributed by atoms with Crippen LogP contribution in [-0.2, 0) is 4.79 Å². The van der Waals surface area contributed by atoms with Crippen LogP contribution in [0.5, 0.6) is 0 Å². The third-order valence-electron chi connectivity index (χ3n) is 3.91. The minimum absolute atomic E-state index is 0.235. The van der Waals surface area contributed by atoms with E-state index in [2.05, 4.69) is 5.10 Å². The molecule has 2 heterocycles. The number of piperidine rings is 1. The lowest BCUT2D eigenvalue weighted by Crippen LogP contribution is -2.48. The lowest BCUT2D eigenvalue weighted by atomic mass is 10.0. The Balaban J connectivity index is 1.88. The minimum Gasteiger partial charge on any atom is -0.480 e. The molecule has 1 atom stereocenters. The molecule has 1 fully saturated rings. The van der Waals surface area contributed by atoms with Gasteiger partial charge in [-0.2, -0.15) is 5.10 Å². The van der Waals surface area contributed by atoms with Gasteiger partial charge < -0.3 is 10.0 Å². The highest BCUT2D eigenvalue weighted by Gasteiger charge is 2.32. The van der Waals surface area contributed by atoms with Crippen molar-refractivity contribution < 1.29 is 14.7 Å². The highest BCUT2D eigenvalue weighted by atomic mass is 16.4. The van der Waals surface area contributed by atoms with Crippen molar-refractivity contribution >= 4 is 11.9 Å². The van der Waals surface area contributed by atoms with Gasteiger partial charge in [0.05, 0.1) is 5.69 Å². The van der Waals surface area contributed by atoms with Crippen molar-refractivity contribution in [2.24, 2.45) is 0 Å². The maximum atomic E-state index is 12.7.